The maximum Gasteiger partial charge on any atom is 0.412 e. The zero-order chi connectivity index (χ0) is 18.6. The monoisotopic (exact) mass is 352 g/mol. The third-order valence-electron chi connectivity index (χ3n) is 3.12. The van der Waals surface area contributed by atoms with Gasteiger partial charge < -0.3 is 10.1 Å². The topological polar surface area (TPSA) is 50.4 Å². The van der Waals surface area contributed by atoms with E-state index >= 15 is 0 Å². The van der Waals surface area contributed by atoms with Crippen molar-refractivity contribution in [2.24, 2.45) is 0 Å². The lowest BCUT2D eigenvalue weighted by atomic mass is 10.2. The maximum absolute atomic E-state index is 13.7. The number of carbonyl (C=O) groups excluding carboxylic acids is 1. The van der Waals surface area contributed by atoms with Crippen molar-refractivity contribution < 1.29 is 22.7 Å². The number of anilines is 2. The van der Waals surface area contributed by atoms with Crippen molar-refractivity contribution in [2.75, 3.05) is 10.6 Å². The highest BCUT2D eigenvalue weighted by atomic mass is 19.2. The van der Waals surface area contributed by atoms with Crippen molar-refractivity contribution in [3.63, 3.8) is 0 Å². The molecule has 0 atom stereocenters. The van der Waals surface area contributed by atoms with Gasteiger partial charge >= 0.3 is 6.09 Å². The van der Waals surface area contributed by atoms with Gasteiger partial charge in [-0.3, -0.25) is 5.32 Å². The van der Waals surface area contributed by atoms with Gasteiger partial charge in [0.15, 0.2) is 11.6 Å². The minimum Gasteiger partial charge on any atom is -0.444 e. The summed E-state index contributed by atoms with van der Waals surface area (Å²) in [6.45, 7) is 5.05. The van der Waals surface area contributed by atoms with Crippen LogP contribution >= 0.6 is 0 Å². The smallest absolute Gasteiger partial charge is 0.412 e. The predicted octanol–water partition coefficient (Wildman–Crippen LogP) is 5.06. The van der Waals surface area contributed by atoms with Crippen LogP contribution in [0, 0.1) is 17.5 Å². The van der Waals surface area contributed by atoms with Crippen molar-refractivity contribution in [1.82, 2.24) is 0 Å². The number of hydrogen-bond donors (Lipinski definition) is 2. The highest BCUT2D eigenvalue weighted by Gasteiger charge is 2.17. The minimum atomic E-state index is -0.979. The number of nitrogens with one attached hydrogen (secondary N) is 2. The van der Waals surface area contributed by atoms with E-state index < -0.39 is 29.1 Å². The molecular formula is C18H19F3N2O2. The van der Waals surface area contributed by atoms with Gasteiger partial charge in [0.2, 0.25) is 0 Å². The van der Waals surface area contributed by atoms with E-state index in [9.17, 15) is 18.0 Å². The average molecular weight is 352 g/mol. The van der Waals surface area contributed by atoms with E-state index in [0.717, 1.165) is 12.1 Å². The van der Waals surface area contributed by atoms with Gasteiger partial charge in [-0.25, -0.2) is 18.0 Å². The van der Waals surface area contributed by atoms with E-state index in [1.807, 2.05) is 0 Å². The number of benzene rings is 2. The fourth-order valence-electron chi connectivity index (χ4n) is 2.06. The fourth-order valence-corrected chi connectivity index (χ4v) is 2.06. The number of carbonyl (C=O) groups is 1. The van der Waals surface area contributed by atoms with Gasteiger partial charge in [-0.1, -0.05) is 12.1 Å². The lowest BCUT2D eigenvalue weighted by molar-refractivity contribution is 0.0636. The highest BCUT2D eigenvalue weighted by Crippen LogP contribution is 2.25. The Balaban J connectivity index is 2.15. The Labute approximate surface area is 144 Å². The van der Waals surface area contributed by atoms with Crippen LogP contribution in [0.2, 0.25) is 0 Å². The molecular weight excluding hydrogens is 333 g/mol. The van der Waals surface area contributed by atoms with Gasteiger partial charge in [0.1, 0.15) is 11.4 Å². The largest absolute Gasteiger partial charge is 0.444 e. The molecule has 1 amide bonds. The molecule has 0 aromatic heterocycles. The summed E-state index contributed by atoms with van der Waals surface area (Å²) in [6.07, 6.45) is -0.709. The molecule has 4 nitrogen and oxygen atoms in total. The summed E-state index contributed by atoms with van der Waals surface area (Å²) in [5, 5.41) is 5.29. The normalized spacial score (nSPS) is 11.1. The average Bonchev–Trinajstić information content (AvgIpc) is 2.49. The molecule has 2 aromatic rings. The van der Waals surface area contributed by atoms with Gasteiger partial charge in [0.25, 0.3) is 0 Å². The summed E-state index contributed by atoms with van der Waals surface area (Å²) in [7, 11) is 0. The number of amides is 1. The van der Waals surface area contributed by atoms with E-state index in [4.69, 9.17) is 4.74 Å². The molecule has 2 aromatic carbocycles. The third kappa shape index (κ3) is 5.41. The van der Waals surface area contributed by atoms with Gasteiger partial charge in [-0.15, -0.1) is 0 Å². The molecule has 0 saturated carbocycles. The molecule has 0 unspecified atom stereocenters. The zero-order valence-electron chi connectivity index (χ0n) is 14.1. The Morgan fingerprint density at radius 2 is 1.80 bits per heavy atom. The van der Waals surface area contributed by atoms with Crippen molar-refractivity contribution in [1.29, 1.82) is 0 Å². The SMILES string of the molecule is CC(C)(C)OC(=O)Nc1ccc(F)cc1NCc1cccc(F)c1F. The second-order valence-electron chi connectivity index (χ2n) is 6.38. The van der Waals surface area contributed by atoms with Crippen LogP contribution in [-0.2, 0) is 11.3 Å². The molecule has 0 aliphatic rings. The second-order valence-corrected chi connectivity index (χ2v) is 6.38. The molecule has 0 fully saturated rings. The van der Waals surface area contributed by atoms with Crippen LogP contribution in [-0.4, -0.2) is 11.7 Å². The number of ether oxygens (including phenoxy) is 1. The summed E-state index contributed by atoms with van der Waals surface area (Å²) >= 11 is 0. The Hall–Kier alpha value is -2.70. The molecule has 0 aliphatic heterocycles. The Morgan fingerprint density at radius 3 is 2.48 bits per heavy atom. The molecule has 0 saturated heterocycles. The number of hydrogen-bond acceptors (Lipinski definition) is 3. The van der Waals surface area contributed by atoms with Crippen molar-refractivity contribution in [3.8, 4) is 0 Å². The first-order chi connectivity index (χ1) is 11.7. The summed E-state index contributed by atoms with van der Waals surface area (Å²) in [5.41, 5.74) is -0.142. The van der Waals surface area contributed by atoms with Crippen molar-refractivity contribution >= 4 is 17.5 Å². The summed E-state index contributed by atoms with van der Waals surface area (Å²) in [4.78, 5) is 11.9. The van der Waals surface area contributed by atoms with Crippen LogP contribution in [0.15, 0.2) is 36.4 Å². The molecule has 25 heavy (non-hydrogen) atoms. The maximum atomic E-state index is 13.7. The Morgan fingerprint density at radius 1 is 1.08 bits per heavy atom. The molecule has 7 heteroatoms. The number of halogens is 3. The van der Waals surface area contributed by atoms with Crippen LogP contribution in [0.1, 0.15) is 26.3 Å². The van der Waals surface area contributed by atoms with Crippen molar-refractivity contribution in [3.05, 3.63) is 59.4 Å². The van der Waals surface area contributed by atoms with Crippen LogP contribution in [0.5, 0.6) is 0 Å². The Kier molecular flexibility index (Phi) is 5.56. The number of rotatable bonds is 4. The molecule has 0 heterocycles. The van der Waals surface area contributed by atoms with Crippen LogP contribution in [0.3, 0.4) is 0 Å². The van der Waals surface area contributed by atoms with Gasteiger partial charge in [0.05, 0.1) is 11.4 Å². The standard InChI is InChI=1S/C18H19F3N2O2/c1-18(2,3)25-17(24)23-14-8-7-12(19)9-15(14)22-10-11-5-4-6-13(20)16(11)21/h4-9,22H,10H2,1-3H3,(H,23,24). The molecule has 134 valence electrons. The summed E-state index contributed by atoms with van der Waals surface area (Å²) < 4.78 is 45.6. The first kappa shape index (κ1) is 18.6. The first-order valence-electron chi connectivity index (χ1n) is 7.62. The molecule has 0 bridgehead atoms. The molecule has 2 rings (SSSR count). The zero-order valence-corrected chi connectivity index (χ0v) is 14.1. The van der Waals surface area contributed by atoms with E-state index in [2.05, 4.69) is 10.6 Å². The third-order valence-corrected chi connectivity index (χ3v) is 3.12. The first-order valence-corrected chi connectivity index (χ1v) is 7.62. The lowest BCUT2D eigenvalue weighted by Gasteiger charge is -2.20. The van der Waals surface area contributed by atoms with Gasteiger partial charge in [0, 0.05) is 12.1 Å². The van der Waals surface area contributed by atoms with E-state index in [1.165, 1.54) is 24.3 Å². The molecule has 0 spiro atoms. The van der Waals surface area contributed by atoms with Crippen LogP contribution in [0.25, 0.3) is 0 Å². The molecule has 0 radical (unpaired) electrons. The second kappa shape index (κ2) is 7.46. The van der Waals surface area contributed by atoms with Gasteiger partial charge in [-0.2, -0.15) is 0 Å². The van der Waals surface area contributed by atoms with Crippen LogP contribution in [0.4, 0.5) is 29.3 Å². The highest BCUT2D eigenvalue weighted by molar-refractivity contribution is 5.89. The summed E-state index contributed by atoms with van der Waals surface area (Å²) in [6, 6.07) is 7.46. The predicted molar refractivity (Wildman–Crippen MR) is 89.9 cm³/mol. The van der Waals surface area contributed by atoms with Crippen LogP contribution < -0.4 is 10.6 Å². The summed E-state index contributed by atoms with van der Waals surface area (Å²) in [5.74, 6) is -2.49. The van der Waals surface area contributed by atoms with E-state index in [0.29, 0.717) is 0 Å². The molecule has 0 aliphatic carbocycles. The quantitative estimate of drug-likeness (QED) is 0.808. The van der Waals surface area contributed by atoms with E-state index in [1.54, 1.807) is 20.8 Å². The molecule has 2 N–H and O–H groups in total. The minimum absolute atomic E-state index is 0.0764. The fraction of sp³-hybridized carbons (Fsp3) is 0.278. The Bertz CT molecular complexity index is 773. The lowest BCUT2D eigenvalue weighted by Crippen LogP contribution is -2.27. The van der Waals surface area contributed by atoms with Gasteiger partial charge in [-0.05, 0) is 45.0 Å². The van der Waals surface area contributed by atoms with Crippen molar-refractivity contribution in [2.45, 2.75) is 32.9 Å². The van der Waals surface area contributed by atoms with E-state index in [-0.39, 0.29) is 23.5 Å².